The molecule has 0 bridgehead atoms. The summed E-state index contributed by atoms with van der Waals surface area (Å²) in [5.41, 5.74) is 2.61. The molecule has 8 heteroatoms. The fraction of sp³-hybridized carbons (Fsp3) is 0.0909. The summed E-state index contributed by atoms with van der Waals surface area (Å²) in [5.74, 6) is -0.535. The highest BCUT2D eigenvalue weighted by Crippen LogP contribution is 2.20. The van der Waals surface area contributed by atoms with Crippen LogP contribution in [-0.2, 0) is 13.1 Å². The van der Waals surface area contributed by atoms with Crippen molar-refractivity contribution in [3.63, 3.8) is 0 Å². The van der Waals surface area contributed by atoms with Gasteiger partial charge in [0.25, 0.3) is 11.8 Å². The van der Waals surface area contributed by atoms with E-state index in [1.165, 1.54) is 0 Å². The van der Waals surface area contributed by atoms with Crippen molar-refractivity contribution in [1.29, 1.82) is 0 Å². The molecule has 0 aliphatic heterocycles. The summed E-state index contributed by atoms with van der Waals surface area (Å²) in [6.45, 7) is 0.688. The first kappa shape index (κ1) is 22.4. The van der Waals surface area contributed by atoms with Crippen LogP contribution in [0.3, 0.4) is 0 Å². The predicted octanol–water partition coefficient (Wildman–Crippen LogP) is 6.16. The molecule has 0 aliphatic rings. The molecule has 154 valence electrons. The number of carbonyl (C=O) groups excluding carboxylic acids is 2. The summed E-state index contributed by atoms with van der Waals surface area (Å²) in [6, 6.07) is 16.9. The maximum absolute atomic E-state index is 12.3. The first-order valence-electron chi connectivity index (χ1n) is 8.86. The van der Waals surface area contributed by atoms with E-state index in [1.54, 1.807) is 36.4 Å². The molecule has 2 amide bonds. The monoisotopic (exact) mass is 480 g/mol. The van der Waals surface area contributed by atoms with E-state index < -0.39 is 0 Å². The zero-order valence-corrected chi connectivity index (χ0v) is 18.5. The zero-order chi connectivity index (χ0) is 21.7. The molecule has 0 saturated carbocycles. The highest BCUT2D eigenvalue weighted by atomic mass is 35.5. The Bertz CT molecular complexity index is 958. The van der Waals surface area contributed by atoms with Gasteiger partial charge in [-0.15, -0.1) is 0 Å². The van der Waals surface area contributed by atoms with Crippen LogP contribution in [0.15, 0.2) is 60.7 Å². The molecule has 0 saturated heterocycles. The van der Waals surface area contributed by atoms with Crippen molar-refractivity contribution >= 4 is 58.2 Å². The van der Waals surface area contributed by atoms with Crippen molar-refractivity contribution in [3.05, 3.63) is 103 Å². The van der Waals surface area contributed by atoms with Crippen LogP contribution in [0.25, 0.3) is 0 Å². The number of rotatable bonds is 6. The fourth-order valence-electron chi connectivity index (χ4n) is 2.71. The van der Waals surface area contributed by atoms with E-state index >= 15 is 0 Å². The van der Waals surface area contributed by atoms with Crippen molar-refractivity contribution in [2.24, 2.45) is 0 Å². The highest BCUT2D eigenvalue weighted by molar-refractivity contribution is 6.35. The molecular weight excluding hydrogens is 466 g/mol. The van der Waals surface area contributed by atoms with Crippen LogP contribution < -0.4 is 10.6 Å². The highest BCUT2D eigenvalue weighted by Gasteiger charge is 2.09. The minimum Gasteiger partial charge on any atom is -0.348 e. The molecule has 0 fully saturated rings. The zero-order valence-electron chi connectivity index (χ0n) is 15.5. The van der Waals surface area contributed by atoms with Gasteiger partial charge in [-0.2, -0.15) is 0 Å². The summed E-state index contributed by atoms with van der Waals surface area (Å²) < 4.78 is 0. The number of nitrogens with one attached hydrogen (secondary N) is 2. The smallest absolute Gasteiger partial charge is 0.251 e. The minimum atomic E-state index is -0.268. The molecule has 3 aromatic rings. The van der Waals surface area contributed by atoms with Crippen LogP contribution in [0.1, 0.15) is 31.8 Å². The van der Waals surface area contributed by atoms with E-state index in [0.717, 1.165) is 11.1 Å². The number of benzene rings is 3. The van der Waals surface area contributed by atoms with Crippen LogP contribution in [0.5, 0.6) is 0 Å². The van der Waals surface area contributed by atoms with Crippen LogP contribution in [0, 0.1) is 0 Å². The van der Waals surface area contributed by atoms with E-state index in [0.29, 0.717) is 44.3 Å². The molecule has 0 spiro atoms. The molecule has 0 atom stereocenters. The summed E-state index contributed by atoms with van der Waals surface area (Å²) >= 11 is 23.7. The summed E-state index contributed by atoms with van der Waals surface area (Å²) in [5, 5.41) is 7.25. The molecule has 4 nitrogen and oxygen atoms in total. The Kier molecular flexibility index (Phi) is 7.62. The average molecular weight is 482 g/mol. The molecule has 0 heterocycles. The summed E-state index contributed by atoms with van der Waals surface area (Å²) in [4.78, 5) is 24.5. The van der Waals surface area contributed by atoms with E-state index in [1.807, 2.05) is 24.3 Å². The summed E-state index contributed by atoms with van der Waals surface area (Å²) in [6.07, 6.45) is 0. The van der Waals surface area contributed by atoms with Crippen molar-refractivity contribution in [2.45, 2.75) is 13.1 Å². The van der Waals surface area contributed by atoms with Gasteiger partial charge in [0.05, 0.1) is 0 Å². The van der Waals surface area contributed by atoms with E-state index in [9.17, 15) is 9.59 Å². The van der Waals surface area contributed by atoms with Crippen molar-refractivity contribution in [1.82, 2.24) is 10.6 Å². The van der Waals surface area contributed by atoms with Gasteiger partial charge in [0.1, 0.15) is 0 Å². The lowest BCUT2D eigenvalue weighted by Crippen LogP contribution is -2.23. The molecule has 3 aromatic carbocycles. The van der Waals surface area contributed by atoms with Gasteiger partial charge in [0.15, 0.2) is 0 Å². The van der Waals surface area contributed by atoms with Gasteiger partial charge < -0.3 is 10.6 Å². The average Bonchev–Trinajstić information content (AvgIpc) is 2.69. The van der Waals surface area contributed by atoms with Gasteiger partial charge in [0.2, 0.25) is 0 Å². The molecule has 3 rings (SSSR count). The molecular formula is C22H16Cl4N2O2. The Balaban J connectivity index is 1.53. The van der Waals surface area contributed by atoms with Gasteiger partial charge in [-0.05, 0) is 47.5 Å². The normalized spacial score (nSPS) is 10.5. The van der Waals surface area contributed by atoms with Crippen LogP contribution in [-0.4, -0.2) is 11.8 Å². The third-order valence-corrected chi connectivity index (χ3v) is 5.05. The lowest BCUT2D eigenvalue weighted by molar-refractivity contribution is 0.0942. The standard InChI is InChI=1S/C22H16Cl4N2O2/c23-17-5-15(6-18(24)9-17)21(29)27-11-13-1-2-14(4-3-13)12-28-22(30)16-7-19(25)10-20(26)8-16/h1-10H,11-12H2,(H,27,29)(H,28,30). The SMILES string of the molecule is O=C(NCc1ccc(CNC(=O)c2cc(Cl)cc(Cl)c2)cc1)c1cc(Cl)cc(Cl)c1. The Hall–Kier alpha value is -2.24. The largest absolute Gasteiger partial charge is 0.348 e. The van der Waals surface area contributed by atoms with Crippen molar-refractivity contribution in [2.75, 3.05) is 0 Å². The molecule has 0 aromatic heterocycles. The first-order chi connectivity index (χ1) is 14.3. The maximum atomic E-state index is 12.3. The van der Waals surface area contributed by atoms with Gasteiger partial charge in [-0.25, -0.2) is 0 Å². The Labute approximate surface area is 194 Å². The van der Waals surface area contributed by atoms with Gasteiger partial charge in [-0.3, -0.25) is 9.59 Å². The van der Waals surface area contributed by atoms with Crippen LogP contribution in [0.4, 0.5) is 0 Å². The topological polar surface area (TPSA) is 58.2 Å². The van der Waals surface area contributed by atoms with Gasteiger partial charge in [0, 0.05) is 44.3 Å². The third-order valence-electron chi connectivity index (χ3n) is 4.18. The second-order valence-corrected chi connectivity index (χ2v) is 8.24. The molecule has 0 unspecified atom stereocenters. The van der Waals surface area contributed by atoms with Gasteiger partial charge >= 0.3 is 0 Å². The van der Waals surface area contributed by atoms with E-state index in [-0.39, 0.29) is 11.8 Å². The predicted molar refractivity (Wildman–Crippen MR) is 122 cm³/mol. The number of hydrogen-bond donors (Lipinski definition) is 2. The first-order valence-corrected chi connectivity index (χ1v) is 10.4. The number of halogens is 4. The lowest BCUT2D eigenvalue weighted by atomic mass is 10.1. The minimum absolute atomic E-state index is 0.268. The quantitative estimate of drug-likeness (QED) is 0.442. The Morgan fingerprint density at radius 1 is 0.567 bits per heavy atom. The summed E-state index contributed by atoms with van der Waals surface area (Å²) in [7, 11) is 0. The van der Waals surface area contributed by atoms with Crippen molar-refractivity contribution < 1.29 is 9.59 Å². The van der Waals surface area contributed by atoms with Crippen LogP contribution >= 0.6 is 46.4 Å². The van der Waals surface area contributed by atoms with Crippen molar-refractivity contribution in [3.8, 4) is 0 Å². The van der Waals surface area contributed by atoms with E-state index in [4.69, 9.17) is 46.4 Å². The van der Waals surface area contributed by atoms with E-state index in [2.05, 4.69) is 10.6 Å². The Morgan fingerprint density at radius 3 is 1.17 bits per heavy atom. The second-order valence-electron chi connectivity index (χ2n) is 6.50. The Morgan fingerprint density at radius 2 is 0.867 bits per heavy atom. The van der Waals surface area contributed by atoms with Gasteiger partial charge in [-0.1, -0.05) is 70.7 Å². The third kappa shape index (κ3) is 6.38. The number of carbonyl (C=O) groups is 2. The molecule has 0 radical (unpaired) electrons. The molecule has 30 heavy (non-hydrogen) atoms. The number of hydrogen-bond acceptors (Lipinski definition) is 2. The molecule has 2 N–H and O–H groups in total. The lowest BCUT2D eigenvalue weighted by Gasteiger charge is -2.09. The van der Waals surface area contributed by atoms with Crippen LogP contribution in [0.2, 0.25) is 20.1 Å². The molecule has 0 aliphatic carbocycles. The fourth-order valence-corrected chi connectivity index (χ4v) is 3.77. The maximum Gasteiger partial charge on any atom is 0.251 e. The second kappa shape index (κ2) is 10.2. The number of amides is 2.